The highest BCUT2D eigenvalue weighted by molar-refractivity contribution is 5.94. The van der Waals surface area contributed by atoms with E-state index >= 15 is 0 Å². The maximum atomic E-state index is 12.1. The number of anilines is 1. The van der Waals surface area contributed by atoms with Crippen LogP contribution in [0, 0.1) is 0 Å². The van der Waals surface area contributed by atoms with Gasteiger partial charge in [-0.05, 0) is 54.8 Å². The molecule has 0 spiro atoms. The van der Waals surface area contributed by atoms with E-state index in [4.69, 9.17) is 9.84 Å². The van der Waals surface area contributed by atoms with E-state index in [0.29, 0.717) is 42.9 Å². The molecule has 0 saturated heterocycles. The fraction of sp³-hybridized carbons (Fsp3) is 0.286. The Balaban J connectivity index is 1.78. The summed E-state index contributed by atoms with van der Waals surface area (Å²) in [5.74, 6) is -0.506. The number of ether oxygens (including phenoxy) is 1. The van der Waals surface area contributed by atoms with Crippen LogP contribution in [0.4, 0.5) is 5.69 Å². The van der Waals surface area contributed by atoms with Gasteiger partial charge in [0, 0.05) is 31.1 Å². The maximum absolute atomic E-state index is 12.1. The molecule has 0 saturated carbocycles. The van der Waals surface area contributed by atoms with Gasteiger partial charge in [0.15, 0.2) is 0 Å². The van der Waals surface area contributed by atoms with E-state index < -0.39 is 5.97 Å². The van der Waals surface area contributed by atoms with E-state index in [0.717, 1.165) is 5.56 Å². The van der Waals surface area contributed by atoms with E-state index in [1.807, 2.05) is 6.07 Å². The van der Waals surface area contributed by atoms with E-state index in [-0.39, 0.29) is 18.2 Å². The first-order chi connectivity index (χ1) is 13.5. The number of hydrogen-bond acceptors (Lipinski definition) is 4. The minimum Gasteiger partial charge on any atom is -0.494 e. The smallest absolute Gasteiger partial charge is 0.303 e. The molecule has 0 radical (unpaired) electrons. The lowest BCUT2D eigenvalue weighted by atomic mass is 10.1. The molecule has 0 heterocycles. The van der Waals surface area contributed by atoms with Crippen LogP contribution in [-0.2, 0) is 16.0 Å². The van der Waals surface area contributed by atoms with E-state index in [9.17, 15) is 14.4 Å². The Labute approximate surface area is 163 Å². The van der Waals surface area contributed by atoms with Crippen molar-refractivity contribution in [2.45, 2.75) is 25.7 Å². The third-order valence-corrected chi connectivity index (χ3v) is 4.00. The van der Waals surface area contributed by atoms with Crippen molar-refractivity contribution in [2.75, 3.05) is 19.0 Å². The topological polar surface area (TPSA) is 105 Å². The van der Waals surface area contributed by atoms with E-state index in [2.05, 4.69) is 10.6 Å². The summed E-state index contributed by atoms with van der Waals surface area (Å²) in [4.78, 5) is 34.3. The molecular formula is C21H24N2O5. The summed E-state index contributed by atoms with van der Waals surface area (Å²) in [7, 11) is 1.58. The molecule has 0 aliphatic heterocycles. The zero-order valence-electron chi connectivity index (χ0n) is 15.7. The Morgan fingerprint density at radius 1 is 1.04 bits per heavy atom. The van der Waals surface area contributed by atoms with Crippen LogP contribution in [0.15, 0.2) is 48.5 Å². The van der Waals surface area contributed by atoms with Crippen LogP contribution in [-0.4, -0.2) is 36.5 Å². The number of nitrogens with one attached hydrogen (secondary N) is 2. The molecule has 0 aliphatic rings. The van der Waals surface area contributed by atoms with Crippen molar-refractivity contribution in [1.29, 1.82) is 0 Å². The van der Waals surface area contributed by atoms with Crippen molar-refractivity contribution in [3.8, 4) is 5.75 Å². The van der Waals surface area contributed by atoms with Crippen molar-refractivity contribution in [3.63, 3.8) is 0 Å². The third kappa shape index (κ3) is 7.11. The largest absolute Gasteiger partial charge is 0.494 e. The van der Waals surface area contributed by atoms with Gasteiger partial charge in [0.2, 0.25) is 5.91 Å². The number of rotatable bonds is 10. The summed E-state index contributed by atoms with van der Waals surface area (Å²) in [5, 5.41) is 14.0. The van der Waals surface area contributed by atoms with Crippen molar-refractivity contribution < 1.29 is 24.2 Å². The molecule has 2 amide bonds. The predicted octanol–water partition coefficient (Wildman–Crippen LogP) is 2.86. The van der Waals surface area contributed by atoms with Gasteiger partial charge >= 0.3 is 5.97 Å². The second kappa shape index (κ2) is 10.7. The van der Waals surface area contributed by atoms with Crippen LogP contribution in [0.3, 0.4) is 0 Å². The standard InChI is InChI=1S/C21H24N2O5/c1-22-21(27)16-5-2-4-15(14-16)7-12-19(24)23-17-8-10-18(11-9-17)28-13-3-6-20(25)26/h2,4-5,8-11,14H,3,6-7,12-13H2,1H3,(H,22,27)(H,23,24)(H,25,26). The lowest BCUT2D eigenvalue weighted by Gasteiger charge is -2.08. The summed E-state index contributed by atoms with van der Waals surface area (Å²) in [6.45, 7) is 0.327. The van der Waals surface area contributed by atoms with E-state index in [1.54, 1.807) is 49.5 Å². The zero-order chi connectivity index (χ0) is 20.4. The van der Waals surface area contributed by atoms with Crippen LogP contribution in [0.2, 0.25) is 0 Å². The van der Waals surface area contributed by atoms with Crippen molar-refractivity contribution in [2.24, 2.45) is 0 Å². The maximum Gasteiger partial charge on any atom is 0.303 e. The van der Waals surface area contributed by atoms with Crippen molar-refractivity contribution in [3.05, 3.63) is 59.7 Å². The van der Waals surface area contributed by atoms with Crippen LogP contribution in [0.5, 0.6) is 5.75 Å². The van der Waals surface area contributed by atoms with Gasteiger partial charge in [-0.25, -0.2) is 0 Å². The number of aliphatic carboxylic acids is 1. The normalized spacial score (nSPS) is 10.2. The average Bonchev–Trinajstić information content (AvgIpc) is 2.70. The van der Waals surface area contributed by atoms with Gasteiger partial charge in [0.05, 0.1) is 6.61 Å². The minimum absolute atomic E-state index is 0.0696. The van der Waals surface area contributed by atoms with Crippen LogP contribution in [0.1, 0.15) is 35.2 Å². The monoisotopic (exact) mass is 384 g/mol. The fourth-order valence-electron chi connectivity index (χ4n) is 2.54. The molecule has 0 aromatic heterocycles. The highest BCUT2D eigenvalue weighted by Crippen LogP contribution is 2.16. The molecule has 3 N–H and O–H groups in total. The average molecular weight is 384 g/mol. The zero-order valence-corrected chi connectivity index (χ0v) is 15.7. The van der Waals surface area contributed by atoms with Crippen LogP contribution < -0.4 is 15.4 Å². The number of amides is 2. The van der Waals surface area contributed by atoms with Crippen molar-refractivity contribution >= 4 is 23.5 Å². The van der Waals surface area contributed by atoms with Gasteiger partial charge in [0.25, 0.3) is 5.91 Å². The number of carboxylic acid groups (broad SMARTS) is 1. The number of carboxylic acids is 1. The number of carbonyl (C=O) groups is 3. The molecule has 0 aliphatic carbocycles. The number of carbonyl (C=O) groups excluding carboxylic acids is 2. The second-order valence-electron chi connectivity index (χ2n) is 6.20. The van der Waals surface area contributed by atoms with Crippen molar-refractivity contribution in [1.82, 2.24) is 5.32 Å². The van der Waals surface area contributed by atoms with Crippen LogP contribution in [0.25, 0.3) is 0 Å². The Hall–Kier alpha value is -3.35. The molecule has 0 fully saturated rings. The summed E-state index contributed by atoms with van der Waals surface area (Å²) < 4.78 is 5.45. The van der Waals surface area contributed by atoms with Gasteiger partial charge in [-0.3, -0.25) is 14.4 Å². The van der Waals surface area contributed by atoms with Gasteiger partial charge in [-0.2, -0.15) is 0 Å². The highest BCUT2D eigenvalue weighted by atomic mass is 16.5. The molecule has 0 unspecified atom stereocenters. The molecule has 2 aromatic rings. The van der Waals surface area contributed by atoms with E-state index in [1.165, 1.54) is 0 Å². The molecule has 148 valence electrons. The summed E-state index contributed by atoms with van der Waals surface area (Å²) >= 11 is 0. The van der Waals surface area contributed by atoms with Crippen LogP contribution >= 0.6 is 0 Å². The fourth-order valence-corrected chi connectivity index (χ4v) is 2.54. The molecule has 0 atom stereocenters. The molecule has 2 aromatic carbocycles. The Bertz CT molecular complexity index is 818. The summed E-state index contributed by atoms with van der Waals surface area (Å²) in [6, 6.07) is 14.1. The molecule has 2 rings (SSSR count). The molecule has 0 bridgehead atoms. The Morgan fingerprint density at radius 2 is 1.79 bits per heavy atom. The predicted molar refractivity (Wildman–Crippen MR) is 106 cm³/mol. The molecule has 7 nitrogen and oxygen atoms in total. The first-order valence-electron chi connectivity index (χ1n) is 9.03. The number of hydrogen-bond donors (Lipinski definition) is 3. The Morgan fingerprint density at radius 3 is 2.46 bits per heavy atom. The van der Waals surface area contributed by atoms with Gasteiger partial charge in [-0.15, -0.1) is 0 Å². The number of benzene rings is 2. The SMILES string of the molecule is CNC(=O)c1cccc(CCC(=O)Nc2ccc(OCCCC(=O)O)cc2)c1. The molecule has 7 heteroatoms. The second-order valence-corrected chi connectivity index (χ2v) is 6.20. The third-order valence-electron chi connectivity index (χ3n) is 4.00. The quantitative estimate of drug-likeness (QED) is 0.547. The van der Waals surface area contributed by atoms with Gasteiger partial charge < -0.3 is 20.5 Å². The lowest BCUT2D eigenvalue weighted by molar-refractivity contribution is -0.137. The lowest BCUT2D eigenvalue weighted by Crippen LogP contribution is -2.18. The first kappa shape index (κ1) is 21.0. The summed E-state index contributed by atoms with van der Waals surface area (Å²) in [5.41, 5.74) is 2.14. The molecule has 28 heavy (non-hydrogen) atoms. The Kier molecular flexibility index (Phi) is 8.02. The van der Waals surface area contributed by atoms with Gasteiger partial charge in [0.1, 0.15) is 5.75 Å². The summed E-state index contributed by atoms with van der Waals surface area (Å²) in [6.07, 6.45) is 1.33. The highest BCUT2D eigenvalue weighted by Gasteiger charge is 2.07. The number of aryl methyl sites for hydroxylation is 1. The van der Waals surface area contributed by atoms with Gasteiger partial charge in [-0.1, -0.05) is 12.1 Å². The minimum atomic E-state index is -0.845. The molecular weight excluding hydrogens is 360 g/mol. The first-order valence-corrected chi connectivity index (χ1v) is 9.03.